The Bertz CT molecular complexity index is 786. The third-order valence-electron chi connectivity index (χ3n) is 5.40. The summed E-state index contributed by atoms with van der Waals surface area (Å²) in [5, 5.41) is 1.23. The molecule has 0 unspecified atom stereocenters. The van der Waals surface area contributed by atoms with Crippen molar-refractivity contribution in [3.8, 4) is 0 Å². The summed E-state index contributed by atoms with van der Waals surface area (Å²) in [5.41, 5.74) is 2.37. The molecule has 2 nitrogen and oxygen atoms in total. The van der Waals surface area contributed by atoms with Crippen LogP contribution in [-0.2, 0) is 11.2 Å². The van der Waals surface area contributed by atoms with Gasteiger partial charge in [0.25, 0.3) is 0 Å². The van der Waals surface area contributed by atoms with Crippen LogP contribution in [0, 0.1) is 5.92 Å². The minimum Gasteiger partial charge on any atom is -0.296 e. The number of ketones is 1. The lowest BCUT2D eigenvalue weighted by Gasteiger charge is -2.38. The summed E-state index contributed by atoms with van der Waals surface area (Å²) < 4.78 is 0. The van der Waals surface area contributed by atoms with Gasteiger partial charge in [-0.15, -0.1) is 12.4 Å². The highest BCUT2D eigenvalue weighted by atomic mass is 35.5. The molecule has 1 heterocycles. The molecule has 28 heavy (non-hydrogen) atoms. The van der Waals surface area contributed by atoms with Crippen LogP contribution >= 0.6 is 35.6 Å². The van der Waals surface area contributed by atoms with E-state index < -0.39 is 0 Å². The molecule has 0 spiro atoms. The first-order valence-electron chi connectivity index (χ1n) is 9.45. The summed E-state index contributed by atoms with van der Waals surface area (Å²) in [7, 11) is 0. The molecule has 0 N–H and O–H groups in total. The quantitative estimate of drug-likeness (QED) is 0.456. The van der Waals surface area contributed by atoms with Crippen molar-refractivity contribution >= 4 is 41.4 Å². The second kappa shape index (κ2) is 11.0. The van der Waals surface area contributed by atoms with Crippen LogP contribution in [-0.4, -0.2) is 23.8 Å². The number of likely N-dealkylation sites (tertiary alicyclic amines) is 1. The number of piperidine rings is 1. The van der Waals surface area contributed by atoms with Crippen LogP contribution < -0.4 is 0 Å². The minimum absolute atomic E-state index is 0. The molecular formula is C23H26Cl3NO. The van der Waals surface area contributed by atoms with Gasteiger partial charge in [-0.1, -0.05) is 66.2 Å². The van der Waals surface area contributed by atoms with Crippen molar-refractivity contribution in [3.63, 3.8) is 0 Å². The molecule has 1 aliphatic heterocycles. The average molecular weight is 439 g/mol. The molecule has 0 radical (unpaired) electrons. The van der Waals surface area contributed by atoms with E-state index in [0.717, 1.165) is 37.9 Å². The number of carbonyl (C=O) groups is 1. The van der Waals surface area contributed by atoms with Gasteiger partial charge >= 0.3 is 0 Å². The van der Waals surface area contributed by atoms with Crippen LogP contribution in [0.25, 0.3) is 0 Å². The lowest BCUT2D eigenvalue weighted by Crippen LogP contribution is -2.38. The number of halogens is 3. The van der Waals surface area contributed by atoms with Gasteiger partial charge in [0.1, 0.15) is 0 Å². The van der Waals surface area contributed by atoms with Crippen molar-refractivity contribution in [1.82, 2.24) is 4.90 Å². The van der Waals surface area contributed by atoms with E-state index in [1.807, 2.05) is 12.1 Å². The van der Waals surface area contributed by atoms with E-state index in [9.17, 15) is 4.79 Å². The Morgan fingerprint density at radius 3 is 2.43 bits per heavy atom. The van der Waals surface area contributed by atoms with Gasteiger partial charge in [-0.2, -0.15) is 0 Å². The van der Waals surface area contributed by atoms with Gasteiger partial charge in [0, 0.05) is 22.5 Å². The fourth-order valence-electron chi connectivity index (χ4n) is 3.90. The Balaban J connectivity index is 0.00000280. The maximum absolute atomic E-state index is 12.1. The van der Waals surface area contributed by atoms with Crippen molar-refractivity contribution in [2.24, 2.45) is 5.92 Å². The Hall–Kier alpha value is -1.32. The standard InChI is InChI=1S/C23H25Cl2NO.ClH/c1-2-20(27)16-23(21-9-8-19(24)15-22(21)25)26-12-10-18(11-13-26)14-17-6-4-3-5-7-17;/h2-9,15,18,23H,1,10-14,16H2;1H/t23-;/m0./s1. The smallest absolute Gasteiger partial charge is 0.157 e. The number of hydrogen-bond donors (Lipinski definition) is 0. The summed E-state index contributed by atoms with van der Waals surface area (Å²) in [6.45, 7) is 5.55. The van der Waals surface area contributed by atoms with E-state index in [2.05, 4.69) is 41.8 Å². The molecule has 3 rings (SSSR count). The second-order valence-electron chi connectivity index (χ2n) is 7.23. The lowest BCUT2D eigenvalue weighted by molar-refractivity contribution is -0.116. The molecule has 0 saturated carbocycles. The van der Waals surface area contributed by atoms with Crippen LogP contribution in [0.4, 0.5) is 0 Å². The van der Waals surface area contributed by atoms with Gasteiger partial charge in [0.05, 0.1) is 0 Å². The molecule has 5 heteroatoms. The van der Waals surface area contributed by atoms with Crippen molar-refractivity contribution < 1.29 is 4.79 Å². The maximum Gasteiger partial charge on any atom is 0.157 e. The van der Waals surface area contributed by atoms with Crippen molar-refractivity contribution in [3.05, 3.63) is 82.4 Å². The number of allylic oxidation sites excluding steroid dienone is 1. The van der Waals surface area contributed by atoms with E-state index in [0.29, 0.717) is 22.4 Å². The Morgan fingerprint density at radius 2 is 1.82 bits per heavy atom. The Labute approximate surface area is 183 Å². The van der Waals surface area contributed by atoms with Crippen molar-refractivity contribution in [2.75, 3.05) is 13.1 Å². The van der Waals surface area contributed by atoms with Crippen LogP contribution in [0.1, 0.15) is 36.4 Å². The van der Waals surface area contributed by atoms with Crippen molar-refractivity contribution in [2.45, 2.75) is 31.7 Å². The fraction of sp³-hybridized carbons (Fsp3) is 0.348. The number of nitrogens with zero attached hydrogens (tertiary/aromatic N) is 1. The molecule has 0 aromatic heterocycles. The number of benzene rings is 2. The van der Waals surface area contributed by atoms with Crippen LogP contribution in [0.15, 0.2) is 61.2 Å². The first-order chi connectivity index (χ1) is 13.1. The zero-order valence-corrected chi connectivity index (χ0v) is 18.1. The molecular weight excluding hydrogens is 413 g/mol. The van der Waals surface area contributed by atoms with E-state index in [4.69, 9.17) is 23.2 Å². The minimum atomic E-state index is -0.0297. The molecule has 1 saturated heterocycles. The van der Waals surface area contributed by atoms with Gasteiger partial charge in [-0.3, -0.25) is 9.69 Å². The largest absolute Gasteiger partial charge is 0.296 e. The molecule has 1 atom stereocenters. The molecule has 0 amide bonds. The third kappa shape index (κ3) is 6.09. The number of rotatable bonds is 7. The number of hydrogen-bond acceptors (Lipinski definition) is 2. The monoisotopic (exact) mass is 437 g/mol. The zero-order valence-electron chi connectivity index (χ0n) is 15.8. The summed E-state index contributed by atoms with van der Waals surface area (Å²) in [5.74, 6) is 0.720. The summed E-state index contributed by atoms with van der Waals surface area (Å²) in [6, 6.07) is 16.2. The normalized spacial score (nSPS) is 16.2. The summed E-state index contributed by atoms with van der Waals surface area (Å²) in [6.07, 6.45) is 5.16. The molecule has 2 aromatic rings. The van der Waals surface area contributed by atoms with Gasteiger partial charge in [0.2, 0.25) is 0 Å². The molecule has 1 fully saturated rings. The SMILES string of the molecule is C=CC(=O)C[C@@H](c1ccc(Cl)cc1Cl)N1CCC(Cc2ccccc2)CC1.Cl. The first kappa shape index (κ1) is 23.0. The molecule has 150 valence electrons. The predicted octanol–water partition coefficient (Wildman–Crippen LogP) is 6.56. The Morgan fingerprint density at radius 1 is 1.14 bits per heavy atom. The summed E-state index contributed by atoms with van der Waals surface area (Å²) in [4.78, 5) is 14.5. The fourth-order valence-corrected chi connectivity index (χ4v) is 4.43. The zero-order chi connectivity index (χ0) is 19.2. The lowest BCUT2D eigenvalue weighted by atomic mass is 9.88. The first-order valence-corrected chi connectivity index (χ1v) is 10.2. The Kier molecular flexibility index (Phi) is 9.04. The molecule has 0 aliphatic carbocycles. The second-order valence-corrected chi connectivity index (χ2v) is 8.07. The maximum atomic E-state index is 12.1. The van der Waals surface area contributed by atoms with E-state index in [-0.39, 0.29) is 24.2 Å². The van der Waals surface area contributed by atoms with E-state index in [1.54, 1.807) is 6.07 Å². The van der Waals surface area contributed by atoms with Crippen LogP contribution in [0.2, 0.25) is 10.0 Å². The van der Waals surface area contributed by atoms with E-state index >= 15 is 0 Å². The topological polar surface area (TPSA) is 20.3 Å². The molecule has 0 bridgehead atoms. The van der Waals surface area contributed by atoms with Crippen LogP contribution in [0.3, 0.4) is 0 Å². The summed E-state index contributed by atoms with van der Waals surface area (Å²) >= 11 is 12.5. The molecule has 2 aromatic carbocycles. The predicted molar refractivity (Wildman–Crippen MR) is 121 cm³/mol. The average Bonchev–Trinajstić information content (AvgIpc) is 2.68. The van der Waals surface area contributed by atoms with Crippen molar-refractivity contribution in [1.29, 1.82) is 0 Å². The van der Waals surface area contributed by atoms with Gasteiger partial charge < -0.3 is 0 Å². The van der Waals surface area contributed by atoms with Gasteiger partial charge in [-0.25, -0.2) is 0 Å². The number of carbonyl (C=O) groups excluding carboxylic acids is 1. The van der Waals surface area contributed by atoms with Gasteiger partial charge in [-0.05, 0) is 67.6 Å². The van der Waals surface area contributed by atoms with E-state index in [1.165, 1.54) is 11.6 Å². The highest BCUT2D eigenvalue weighted by molar-refractivity contribution is 6.35. The molecule has 1 aliphatic rings. The third-order valence-corrected chi connectivity index (χ3v) is 5.96. The highest BCUT2D eigenvalue weighted by Gasteiger charge is 2.28. The van der Waals surface area contributed by atoms with Gasteiger partial charge in [0.15, 0.2) is 5.78 Å². The highest BCUT2D eigenvalue weighted by Crippen LogP contribution is 2.35. The van der Waals surface area contributed by atoms with Crippen LogP contribution in [0.5, 0.6) is 0 Å².